The number of halogens is 3. The molecule has 0 spiro atoms. The van der Waals surface area contributed by atoms with Gasteiger partial charge in [-0.1, -0.05) is 6.07 Å². The van der Waals surface area contributed by atoms with E-state index in [4.69, 9.17) is 0 Å². The molecule has 0 unspecified atom stereocenters. The molecule has 14 heavy (non-hydrogen) atoms. The van der Waals surface area contributed by atoms with Crippen molar-refractivity contribution in [3.8, 4) is 0 Å². The van der Waals surface area contributed by atoms with E-state index in [9.17, 15) is 13.2 Å². The van der Waals surface area contributed by atoms with E-state index >= 15 is 0 Å². The first-order valence-electron chi connectivity index (χ1n) is 3.89. The van der Waals surface area contributed by atoms with Crippen LogP contribution in [0.3, 0.4) is 0 Å². The zero-order valence-electron chi connectivity index (χ0n) is 7.21. The van der Waals surface area contributed by atoms with Crippen LogP contribution < -0.4 is 5.48 Å². The van der Waals surface area contributed by atoms with Crippen LogP contribution in [0.25, 0.3) is 0 Å². The molecule has 6 heteroatoms. The summed E-state index contributed by atoms with van der Waals surface area (Å²) in [5, 5.41) is 0. The number of hydrogen-bond acceptors (Lipinski definition) is 3. The van der Waals surface area contributed by atoms with E-state index in [1.807, 2.05) is 0 Å². The SMILES string of the molecule is FC(F)(F)CONCc1ccccn1. The first-order chi connectivity index (χ1) is 6.58. The highest BCUT2D eigenvalue weighted by atomic mass is 19.4. The van der Waals surface area contributed by atoms with Crippen molar-refractivity contribution in [2.45, 2.75) is 12.7 Å². The summed E-state index contributed by atoms with van der Waals surface area (Å²) in [7, 11) is 0. The maximum atomic E-state index is 11.6. The molecule has 0 aromatic carbocycles. The fourth-order valence-electron chi connectivity index (χ4n) is 0.761. The molecule has 0 radical (unpaired) electrons. The molecule has 3 nitrogen and oxygen atoms in total. The predicted octanol–water partition coefficient (Wildman–Crippen LogP) is 1.67. The molecule has 0 saturated heterocycles. The molecule has 0 aliphatic rings. The van der Waals surface area contributed by atoms with Crippen LogP contribution in [-0.2, 0) is 11.4 Å². The van der Waals surface area contributed by atoms with E-state index in [1.54, 1.807) is 24.4 Å². The molecule has 1 N–H and O–H groups in total. The van der Waals surface area contributed by atoms with Crippen LogP contribution in [0.4, 0.5) is 13.2 Å². The van der Waals surface area contributed by atoms with Crippen molar-refractivity contribution in [3.63, 3.8) is 0 Å². The van der Waals surface area contributed by atoms with Crippen molar-refractivity contribution < 1.29 is 18.0 Å². The molecule has 1 rings (SSSR count). The monoisotopic (exact) mass is 206 g/mol. The Balaban J connectivity index is 2.17. The lowest BCUT2D eigenvalue weighted by Crippen LogP contribution is -2.24. The largest absolute Gasteiger partial charge is 0.413 e. The fourth-order valence-corrected chi connectivity index (χ4v) is 0.761. The Morgan fingerprint density at radius 1 is 1.36 bits per heavy atom. The Labute approximate surface area is 78.9 Å². The van der Waals surface area contributed by atoms with Crippen LogP contribution in [0, 0.1) is 0 Å². The molecule has 0 bridgehead atoms. The topological polar surface area (TPSA) is 34.1 Å². The molecule has 78 valence electrons. The van der Waals surface area contributed by atoms with Gasteiger partial charge in [-0.2, -0.15) is 18.7 Å². The van der Waals surface area contributed by atoms with Crippen LogP contribution in [-0.4, -0.2) is 17.8 Å². The minimum absolute atomic E-state index is 0.150. The van der Waals surface area contributed by atoms with E-state index in [0.29, 0.717) is 5.69 Å². The standard InChI is InChI=1S/C8H9F3N2O/c9-8(10,11)6-14-13-5-7-3-1-2-4-12-7/h1-4,13H,5-6H2. The Morgan fingerprint density at radius 3 is 2.71 bits per heavy atom. The van der Waals surface area contributed by atoms with Gasteiger partial charge in [-0.05, 0) is 12.1 Å². The molecule has 0 amide bonds. The third-order valence-corrected chi connectivity index (χ3v) is 1.32. The van der Waals surface area contributed by atoms with Crippen molar-refractivity contribution in [3.05, 3.63) is 30.1 Å². The molecular formula is C8H9F3N2O. The van der Waals surface area contributed by atoms with Crippen LogP contribution in [0.2, 0.25) is 0 Å². The molecule has 1 aromatic rings. The number of hydroxylamine groups is 1. The van der Waals surface area contributed by atoms with Crippen LogP contribution >= 0.6 is 0 Å². The summed E-state index contributed by atoms with van der Waals surface area (Å²) in [6.45, 7) is -1.16. The third kappa shape index (κ3) is 4.78. The number of pyridine rings is 1. The van der Waals surface area contributed by atoms with Gasteiger partial charge < -0.3 is 0 Å². The van der Waals surface area contributed by atoms with Gasteiger partial charge in [0.25, 0.3) is 0 Å². The summed E-state index contributed by atoms with van der Waals surface area (Å²) in [4.78, 5) is 8.08. The van der Waals surface area contributed by atoms with Gasteiger partial charge in [0.2, 0.25) is 0 Å². The maximum Gasteiger partial charge on any atom is 0.413 e. The van der Waals surface area contributed by atoms with Crippen molar-refractivity contribution in [1.29, 1.82) is 0 Å². The number of aromatic nitrogens is 1. The minimum Gasteiger partial charge on any atom is -0.292 e. The van der Waals surface area contributed by atoms with Gasteiger partial charge in [0, 0.05) is 6.20 Å². The number of hydrogen-bond donors (Lipinski definition) is 1. The van der Waals surface area contributed by atoms with Gasteiger partial charge >= 0.3 is 6.18 Å². The van der Waals surface area contributed by atoms with E-state index < -0.39 is 12.8 Å². The lowest BCUT2D eigenvalue weighted by atomic mass is 10.4. The maximum absolute atomic E-state index is 11.6. The van der Waals surface area contributed by atoms with Crippen LogP contribution in [0.15, 0.2) is 24.4 Å². The molecule has 0 aliphatic carbocycles. The lowest BCUT2D eigenvalue weighted by Gasteiger charge is -2.07. The second-order valence-corrected chi connectivity index (χ2v) is 2.55. The molecule has 0 fully saturated rings. The van der Waals surface area contributed by atoms with Crippen molar-refractivity contribution in [2.75, 3.05) is 6.61 Å². The highest BCUT2D eigenvalue weighted by molar-refractivity contribution is 5.02. The molecular weight excluding hydrogens is 197 g/mol. The first-order valence-corrected chi connectivity index (χ1v) is 3.89. The van der Waals surface area contributed by atoms with Crippen molar-refractivity contribution in [2.24, 2.45) is 0 Å². The molecule has 0 aliphatic heterocycles. The number of nitrogens with one attached hydrogen (secondary N) is 1. The van der Waals surface area contributed by atoms with E-state index in [-0.39, 0.29) is 6.54 Å². The molecule has 1 aromatic heterocycles. The normalized spacial score (nSPS) is 11.6. The van der Waals surface area contributed by atoms with Gasteiger partial charge in [0.15, 0.2) is 6.61 Å². The Kier molecular flexibility index (Phi) is 3.84. The van der Waals surface area contributed by atoms with E-state index in [2.05, 4.69) is 15.3 Å². The highest BCUT2D eigenvalue weighted by Gasteiger charge is 2.27. The molecule has 1 heterocycles. The van der Waals surface area contributed by atoms with E-state index in [1.165, 1.54) is 0 Å². The van der Waals surface area contributed by atoms with Crippen LogP contribution in [0.5, 0.6) is 0 Å². The summed E-state index contributed by atoms with van der Waals surface area (Å²) >= 11 is 0. The van der Waals surface area contributed by atoms with Crippen molar-refractivity contribution >= 4 is 0 Å². The average molecular weight is 206 g/mol. The van der Waals surface area contributed by atoms with Crippen molar-refractivity contribution in [1.82, 2.24) is 10.5 Å². The zero-order chi connectivity index (χ0) is 10.4. The second-order valence-electron chi connectivity index (χ2n) is 2.55. The van der Waals surface area contributed by atoms with Crippen LogP contribution in [0.1, 0.15) is 5.69 Å². The summed E-state index contributed by atoms with van der Waals surface area (Å²) in [6.07, 6.45) is -2.75. The zero-order valence-corrected chi connectivity index (χ0v) is 7.21. The fraction of sp³-hybridized carbons (Fsp3) is 0.375. The Hall–Kier alpha value is -1.14. The summed E-state index contributed by atoms with van der Waals surface area (Å²) in [6, 6.07) is 5.15. The van der Waals surface area contributed by atoms with Gasteiger partial charge in [0.1, 0.15) is 0 Å². The Morgan fingerprint density at radius 2 is 2.14 bits per heavy atom. The smallest absolute Gasteiger partial charge is 0.292 e. The van der Waals surface area contributed by atoms with E-state index in [0.717, 1.165) is 0 Å². The minimum atomic E-state index is -4.31. The number of nitrogens with zero attached hydrogens (tertiary/aromatic N) is 1. The predicted molar refractivity (Wildman–Crippen MR) is 43.1 cm³/mol. The number of alkyl halides is 3. The average Bonchev–Trinajstić information content (AvgIpc) is 2.13. The second kappa shape index (κ2) is 4.92. The molecule has 0 saturated carbocycles. The first kappa shape index (κ1) is 10.9. The molecule has 0 atom stereocenters. The summed E-state index contributed by atoms with van der Waals surface area (Å²) in [5.41, 5.74) is 2.80. The Bertz CT molecular complexity index is 263. The van der Waals surface area contributed by atoms with Gasteiger partial charge in [-0.3, -0.25) is 9.82 Å². The third-order valence-electron chi connectivity index (χ3n) is 1.32. The van der Waals surface area contributed by atoms with Gasteiger partial charge in [-0.25, -0.2) is 0 Å². The lowest BCUT2D eigenvalue weighted by molar-refractivity contribution is -0.190. The summed E-state index contributed by atoms with van der Waals surface area (Å²) < 4.78 is 34.8. The van der Waals surface area contributed by atoms with Gasteiger partial charge in [-0.15, -0.1) is 0 Å². The van der Waals surface area contributed by atoms with Gasteiger partial charge in [0.05, 0.1) is 12.2 Å². The summed E-state index contributed by atoms with van der Waals surface area (Å²) in [5.74, 6) is 0. The highest BCUT2D eigenvalue weighted by Crippen LogP contribution is 2.13. The quantitative estimate of drug-likeness (QED) is 0.601. The number of rotatable bonds is 4.